The molecule has 4 nitrogen and oxygen atoms in total. The fourth-order valence-electron chi connectivity index (χ4n) is 1.87. The van der Waals surface area contributed by atoms with Crippen molar-refractivity contribution in [2.24, 2.45) is 0 Å². The number of amides is 1. The number of alkyl halides is 3. The molecule has 0 saturated heterocycles. The summed E-state index contributed by atoms with van der Waals surface area (Å²) in [5, 5.41) is 8.32. The molecule has 2 aromatic rings. The third kappa shape index (κ3) is 1.77. The Hall–Kier alpha value is -2.02. The Balaban J connectivity index is 2.14. The molecule has 1 aromatic heterocycles. The second-order valence-electron chi connectivity index (χ2n) is 3.97. The van der Waals surface area contributed by atoms with Crippen LogP contribution in [0.5, 0.6) is 0 Å². The molecule has 19 heavy (non-hydrogen) atoms. The first kappa shape index (κ1) is 12.0. The van der Waals surface area contributed by atoms with Gasteiger partial charge < -0.3 is 5.32 Å². The van der Waals surface area contributed by atoms with Gasteiger partial charge >= 0.3 is 6.18 Å². The van der Waals surface area contributed by atoms with Gasteiger partial charge in [-0.3, -0.25) is 9.89 Å². The SMILES string of the molecule is O=C1Nc2n[nH]c(-c3ccc(Cl)c(C(F)(F)F)c3)c21. The van der Waals surface area contributed by atoms with E-state index in [0.29, 0.717) is 5.82 Å². The molecule has 1 aliphatic heterocycles. The molecule has 0 aliphatic carbocycles. The molecule has 0 saturated carbocycles. The number of halogens is 4. The van der Waals surface area contributed by atoms with Crippen LogP contribution in [0.25, 0.3) is 11.3 Å². The van der Waals surface area contributed by atoms with Gasteiger partial charge in [-0.15, -0.1) is 0 Å². The van der Waals surface area contributed by atoms with Gasteiger partial charge in [0.2, 0.25) is 0 Å². The molecule has 8 heteroatoms. The van der Waals surface area contributed by atoms with E-state index in [1.807, 2.05) is 0 Å². The Morgan fingerprint density at radius 1 is 1.26 bits per heavy atom. The molecule has 98 valence electrons. The number of aromatic nitrogens is 2. The second kappa shape index (κ2) is 3.74. The number of benzene rings is 1. The fourth-order valence-corrected chi connectivity index (χ4v) is 2.09. The molecule has 0 unspecified atom stereocenters. The zero-order valence-corrected chi connectivity index (χ0v) is 9.86. The molecule has 1 amide bonds. The summed E-state index contributed by atoms with van der Waals surface area (Å²) in [4.78, 5) is 11.3. The van der Waals surface area contributed by atoms with Crippen LogP contribution in [0.15, 0.2) is 18.2 Å². The number of rotatable bonds is 1. The molecule has 2 N–H and O–H groups in total. The van der Waals surface area contributed by atoms with Gasteiger partial charge in [-0.25, -0.2) is 0 Å². The fraction of sp³-hybridized carbons (Fsp3) is 0.0909. The van der Waals surface area contributed by atoms with E-state index in [2.05, 4.69) is 15.5 Å². The maximum atomic E-state index is 12.8. The molecule has 0 fully saturated rings. The Labute approximate surface area is 109 Å². The Bertz CT molecular complexity index is 693. The van der Waals surface area contributed by atoms with E-state index in [4.69, 9.17) is 11.6 Å². The lowest BCUT2D eigenvalue weighted by Gasteiger charge is -2.14. The minimum atomic E-state index is -4.55. The average molecular weight is 288 g/mol. The summed E-state index contributed by atoms with van der Waals surface area (Å²) in [6.07, 6.45) is -4.55. The van der Waals surface area contributed by atoms with Crippen LogP contribution >= 0.6 is 11.6 Å². The molecular weight excluding hydrogens is 283 g/mol. The van der Waals surface area contributed by atoms with Crippen molar-refractivity contribution in [1.29, 1.82) is 0 Å². The van der Waals surface area contributed by atoms with Gasteiger partial charge in [0.15, 0.2) is 5.82 Å². The number of carbonyl (C=O) groups is 1. The van der Waals surface area contributed by atoms with E-state index >= 15 is 0 Å². The summed E-state index contributed by atoms with van der Waals surface area (Å²) in [5.41, 5.74) is -0.230. The molecule has 0 radical (unpaired) electrons. The monoisotopic (exact) mass is 287 g/mol. The van der Waals surface area contributed by atoms with Crippen molar-refractivity contribution in [2.45, 2.75) is 6.18 Å². The van der Waals surface area contributed by atoms with Crippen LogP contribution in [-0.4, -0.2) is 16.1 Å². The van der Waals surface area contributed by atoms with Gasteiger partial charge in [0.05, 0.1) is 16.3 Å². The van der Waals surface area contributed by atoms with Crippen molar-refractivity contribution >= 4 is 23.3 Å². The first-order valence-corrected chi connectivity index (χ1v) is 5.52. The zero-order chi connectivity index (χ0) is 13.8. The highest BCUT2D eigenvalue weighted by Gasteiger charge is 2.35. The Kier molecular flexibility index (Phi) is 2.37. The van der Waals surface area contributed by atoms with Gasteiger partial charge in [-0.2, -0.15) is 18.3 Å². The lowest BCUT2D eigenvalue weighted by atomic mass is 10.0. The predicted molar refractivity (Wildman–Crippen MR) is 62.0 cm³/mol. The van der Waals surface area contributed by atoms with Gasteiger partial charge in [0, 0.05) is 5.56 Å². The van der Waals surface area contributed by atoms with E-state index in [-0.39, 0.29) is 27.8 Å². The minimum Gasteiger partial charge on any atom is -0.304 e. The number of hydrogen-bond acceptors (Lipinski definition) is 2. The number of H-pyrrole nitrogens is 1. The number of aromatic amines is 1. The summed E-state index contributed by atoms with van der Waals surface area (Å²) in [6.45, 7) is 0. The second-order valence-corrected chi connectivity index (χ2v) is 4.38. The first-order chi connectivity index (χ1) is 8.88. The van der Waals surface area contributed by atoms with Gasteiger partial charge in [-0.1, -0.05) is 17.7 Å². The van der Waals surface area contributed by atoms with Crippen molar-refractivity contribution in [3.63, 3.8) is 0 Å². The van der Waals surface area contributed by atoms with Crippen LogP contribution in [0.4, 0.5) is 19.0 Å². The van der Waals surface area contributed by atoms with Crippen molar-refractivity contribution in [3.05, 3.63) is 34.3 Å². The van der Waals surface area contributed by atoms with Crippen LogP contribution in [0.2, 0.25) is 5.02 Å². The molecule has 2 heterocycles. The third-order valence-electron chi connectivity index (χ3n) is 2.79. The van der Waals surface area contributed by atoms with Gasteiger partial charge in [0.25, 0.3) is 5.91 Å². The molecule has 1 aliphatic rings. The summed E-state index contributed by atoms with van der Waals surface area (Å²) < 4.78 is 38.3. The predicted octanol–water partition coefficient (Wildman–Crippen LogP) is 3.31. The highest BCUT2D eigenvalue weighted by molar-refractivity contribution is 6.31. The van der Waals surface area contributed by atoms with Crippen LogP contribution in [0.3, 0.4) is 0 Å². The lowest BCUT2D eigenvalue weighted by Crippen LogP contribution is -2.24. The summed E-state index contributed by atoms with van der Waals surface area (Å²) in [6, 6.07) is 3.43. The number of anilines is 1. The van der Waals surface area contributed by atoms with Crippen molar-refractivity contribution < 1.29 is 18.0 Å². The number of fused-ring (bicyclic) bond motifs is 1. The topological polar surface area (TPSA) is 57.8 Å². The van der Waals surface area contributed by atoms with Crippen molar-refractivity contribution in [3.8, 4) is 11.3 Å². The van der Waals surface area contributed by atoms with Crippen LogP contribution in [-0.2, 0) is 6.18 Å². The largest absolute Gasteiger partial charge is 0.417 e. The van der Waals surface area contributed by atoms with E-state index in [9.17, 15) is 18.0 Å². The smallest absolute Gasteiger partial charge is 0.304 e. The van der Waals surface area contributed by atoms with Crippen LogP contribution < -0.4 is 5.32 Å². The van der Waals surface area contributed by atoms with Gasteiger partial charge in [-0.05, 0) is 12.1 Å². The number of nitrogens with one attached hydrogen (secondary N) is 2. The highest BCUT2D eigenvalue weighted by atomic mass is 35.5. The van der Waals surface area contributed by atoms with Crippen molar-refractivity contribution in [2.75, 3.05) is 5.32 Å². The van der Waals surface area contributed by atoms with Crippen LogP contribution in [0.1, 0.15) is 15.9 Å². The maximum Gasteiger partial charge on any atom is 0.417 e. The molecule has 0 atom stereocenters. The maximum absolute atomic E-state index is 12.8. The summed E-state index contributed by atoms with van der Waals surface area (Å²) in [5.74, 6) is -0.0363. The molecule has 0 bridgehead atoms. The average Bonchev–Trinajstić information content (AvgIpc) is 2.65. The molecular formula is C11H5ClF3N3O. The Morgan fingerprint density at radius 2 is 2.00 bits per heavy atom. The minimum absolute atomic E-state index is 0.209. The molecule has 3 rings (SSSR count). The Morgan fingerprint density at radius 3 is 2.63 bits per heavy atom. The zero-order valence-electron chi connectivity index (χ0n) is 9.10. The molecule has 1 aromatic carbocycles. The summed E-state index contributed by atoms with van der Waals surface area (Å²) >= 11 is 5.53. The summed E-state index contributed by atoms with van der Waals surface area (Å²) in [7, 11) is 0. The van der Waals surface area contributed by atoms with E-state index in [1.165, 1.54) is 6.07 Å². The van der Waals surface area contributed by atoms with E-state index in [0.717, 1.165) is 12.1 Å². The van der Waals surface area contributed by atoms with Gasteiger partial charge in [0.1, 0.15) is 5.56 Å². The lowest BCUT2D eigenvalue weighted by molar-refractivity contribution is -0.137. The first-order valence-electron chi connectivity index (χ1n) is 5.15. The number of nitrogens with zero attached hydrogens (tertiary/aromatic N) is 1. The quantitative estimate of drug-likeness (QED) is 0.845. The molecule has 0 spiro atoms. The number of carbonyl (C=O) groups excluding carboxylic acids is 1. The number of hydrogen-bond donors (Lipinski definition) is 2. The third-order valence-corrected chi connectivity index (χ3v) is 3.12. The normalized spacial score (nSPS) is 13.8. The van der Waals surface area contributed by atoms with E-state index < -0.39 is 11.7 Å². The van der Waals surface area contributed by atoms with E-state index in [1.54, 1.807) is 0 Å². The van der Waals surface area contributed by atoms with Crippen LogP contribution in [0, 0.1) is 0 Å². The van der Waals surface area contributed by atoms with Crippen molar-refractivity contribution in [1.82, 2.24) is 10.2 Å². The standard InChI is InChI=1S/C11H5ClF3N3O/c12-6-2-1-4(3-5(6)11(13,14)15)8-7-9(18-17-8)16-10(7)19/h1-3H,(H2,16,17,18,19). The highest BCUT2D eigenvalue weighted by Crippen LogP contribution is 2.39.